The molecule has 0 aliphatic heterocycles. The van der Waals surface area contributed by atoms with E-state index >= 15 is 0 Å². The van der Waals surface area contributed by atoms with Gasteiger partial charge in [-0.2, -0.15) is 0 Å². The topological polar surface area (TPSA) is 42.0 Å². The normalized spacial score (nSPS) is 10.9. The van der Waals surface area contributed by atoms with Crippen molar-refractivity contribution >= 4 is 18.1 Å². The number of carbonyl (C=O) groups is 1. The summed E-state index contributed by atoms with van der Waals surface area (Å²) < 4.78 is 0. The van der Waals surface area contributed by atoms with Crippen LogP contribution in [0.2, 0.25) is 0 Å². The first-order chi connectivity index (χ1) is 14.5. The predicted molar refractivity (Wildman–Crippen MR) is 127 cm³/mol. The SMILES string of the molecule is C=Cc1c(/C=C\C)nc(-c2ccc(-c3ccc(C)cc3)cc2)c(CC)c1C(=O)NC. The molecule has 0 radical (unpaired) electrons. The van der Waals surface area contributed by atoms with Crippen LogP contribution in [0.3, 0.4) is 0 Å². The van der Waals surface area contributed by atoms with Gasteiger partial charge in [0, 0.05) is 18.2 Å². The number of nitrogens with one attached hydrogen (secondary N) is 1. The fraction of sp³-hybridized carbons (Fsp3) is 0.185. The predicted octanol–water partition coefficient (Wildman–Crippen LogP) is 6.32. The van der Waals surface area contributed by atoms with Gasteiger partial charge in [0.2, 0.25) is 0 Å². The third-order valence-electron chi connectivity index (χ3n) is 5.24. The van der Waals surface area contributed by atoms with Crippen LogP contribution in [0.15, 0.2) is 61.2 Å². The van der Waals surface area contributed by atoms with Crippen LogP contribution in [0, 0.1) is 6.92 Å². The minimum Gasteiger partial charge on any atom is -0.355 e. The second-order valence-electron chi connectivity index (χ2n) is 7.19. The highest BCUT2D eigenvalue weighted by atomic mass is 16.1. The molecule has 3 nitrogen and oxygen atoms in total. The highest BCUT2D eigenvalue weighted by Crippen LogP contribution is 2.32. The molecule has 3 heteroatoms. The molecule has 1 heterocycles. The van der Waals surface area contributed by atoms with Crippen LogP contribution in [0.5, 0.6) is 0 Å². The minimum absolute atomic E-state index is 0.118. The Bertz CT molecular complexity index is 1090. The first-order valence-corrected chi connectivity index (χ1v) is 10.3. The highest BCUT2D eigenvalue weighted by molar-refractivity contribution is 6.01. The number of rotatable bonds is 6. The van der Waals surface area contributed by atoms with Crippen molar-refractivity contribution in [2.45, 2.75) is 27.2 Å². The maximum absolute atomic E-state index is 12.8. The van der Waals surface area contributed by atoms with Crippen molar-refractivity contribution in [3.63, 3.8) is 0 Å². The number of hydrogen-bond donors (Lipinski definition) is 1. The Hall–Kier alpha value is -3.46. The summed E-state index contributed by atoms with van der Waals surface area (Å²) in [5, 5.41) is 2.78. The highest BCUT2D eigenvalue weighted by Gasteiger charge is 2.21. The first kappa shape index (κ1) is 21.3. The summed E-state index contributed by atoms with van der Waals surface area (Å²) in [5.74, 6) is -0.118. The molecule has 0 aliphatic carbocycles. The minimum atomic E-state index is -0.118. The molecule has 1 N–H and O–H groups in total. The Morgan fingerprint density at radius 1 is 1.03 bits per heavy atom. The lowest BCUT2D eigenvalue weighted by Gasteiger charge is -2.18. The van der Waals surface area contributed by atoms with Crippen molar-refractivity contribution in [3.05, 3.63) is 89.1 Å². The lowest BCUT2D eigenvalue weighted by molar-refractivity contribution is 0.0962. The lowest BCUT2D eigenvalue weighted by atomic mass is 9.92. The Morgan fingerprint density at radius 3 is 2.10 bits per heavy atom. The van der Waals surface area contributed by atoms with Gasteiger partial charge >= 0.3 is 0 Å². The van der Waals surface area contributed by atoms with E-state index in [0.717, 1.165) is 33.6 Å². The van der Waals surface area contributed by atoms with Crippen molar-refractivity contribution in [2.24, 2.45) is 0 Å². The molecule has 0 spiro atoms. The van der Waals surface area contributed by atoms with Gasteiger partial charge < -0.3 is 5.32 Å². The molecule has 0 bridgehead atoms. The Labute approximate surface area is 179 Å². The van der Waals surface area contributed by atoms with Crippen molar-refractivity contribution in [2.75, 3.05) is 7.05 Å². The largest absolute Gasteiger partial charge is 0.355 e. The number of aromatic nitrogens is 1. The van der Waals surface area contributed by atoms with E-state index in [1.165, 1.54) is 11.1 Å². The molecule has 0 aliphatic rings. The lowest BCUT2D eigenvalue weighted by Crippen LogP contribution is -2.22. The van der Waals surface area contributed by atoms with Crippen LogP contribution in [-0.4, -0.2) is 17.9 Å². The maximum atomic E-state index is 12.8. The van der Waals surface area contributed by atoms with E-state index in [-0.39, 0.29) is 5.91 Å². The van der Waals surface area contributed by atoms with Crippen molar-refractivity contribution < 1.29 is 4.79 Å². The molecule has 0 saturated carbocycles. The molecule has 1 amide bonds. The van der Waals surface area contributed by atoms with Gasteiger partial charge in [0.15, 0.2) is 0 Å². The van der Waals surface area contributed by atoms with Gasteiger partial charge in [0.1, 0.15) is 0 Å². The van der Waals surface area contributed by atoms with Gasteiger partial charge in [-0.3, -0.25) is 4.79 Å². The monoisotopic (exact) mass is 396 g/mol. The molecule has 1 aromatic heterocycles. The van der Waals surface area contributed by atoms with Crippen LogP contribution in [0.25, 0.3) is 34.5 Å². The molecular weight excluding hydrogens is 368 g/mol. The third-order valence-corrected chi connectivity index (χ3v) is 5.24. The van der Waals surface area contributed by atoms with Crippen molar-refractivity contribution in [1.29, 1.82) is 0 Å². The van der Waals surface area contributed by atoms with Gasteiger partial charge in [-0.15, -0.1) is 0 Å². The number of aryl methyl sites for hydroxylation is 1. The number of pyridine rings is 1. The van der Waals surface area contributed by atoms with E-state index in [0.29, 0.717) is 12.0 Å². The van der Waals surface area contributed by atoms with Gasteiger partial charge in [-0.25, -0.2) is 4.98 Å². The van der Waals surface area contributed by atoms with Crippen molar-refractivity contribution in [1.82, 2.24) is 10.3 Å². The zero-order chi connectivity index (χ0) is 21.7. The summed E-state index contributed by atoms with van der Waals surface area (Å²) in [5.41, 5.74) is 8.51. The van der Waals surface area contributed by atoms with Gasteiger partial charge in [0.05, 0.1) is 17.0 Å². The van der Waals surface area contributed by atoms with Crippen molar-refractivity contribution in [3.8, 4) is 22.4 Å². The average Bonchev–Trinajstić information content (AvgIpc) is 2.78. The number of carbonyl (C=O) groups excluding carboxylic acids is 1. The number of amides is 1. The van der Waals surface area contributed by atoms with E-state index in [4.69, 9.17) is 4.98 Å². The standard InChI is InChI=1S/C27H28N2O/c1-6-9-24-22(7-2)25(27(30)28-5)23(8-3)26(29-24)21-16-14-20(15-17-21)19-12-10-18(4)11-13-19/h6-7,9-17H,2,8H2,1,3-5H3,(H,28,30)/b9-6-. The van der Waals surface area contributed by atoms with E-state index < -0.39 is 0 Å². The second-order valence-corrected chi connectivity index (χ2v) is 7.19. The fourth-order valence-corrected chi connectivity index (χ4v) is 3.68. The average molecular weight is 397 g/mol. The molecule has 0 atom stereocenters. The van der Waals surface area contributed by atoms with Crippen LogP contribution in [0.1, 0.15) is 46.6 Å². The Morgan fingerprint density at radius 2 is 1.60 bits per heavy atom. The number of benzene rings is 2. The quantitative estimate of drug-likeness (QED) is 0.529. The van der Waals surface area contributed by atoms with Gasteiger partial charge in [0.25, 0.3) is 5.91 Å². The van der Waals surface area contributed by atoms with E-state index in [2.05, 4.69) is 74.3 Å². The summed E-state index contributed by atoms with van der Waals surface area (Å²) >= 11 is 0. The summed E-state index contributed by atoms with van der Waals surface area (Å²) in [4.78, 5) is 17.7. The molecule has 3 aromatic rings. The zero-order valence-electron chi connectivity index (χ0n) is 18.1. The molecular formula is C27H28N2O. The maximum Gasteiger partial charge on any atom is 0.252 e. The molecule has 152 valence electrons. The fourth-order valence-electron chi connectivity index (χ4n) is 3.68. The van der Waals surface area contributed by atoms with E-state index in [1.807, 2.05) is 19.1 Å². The summed E-state index contributed by atoms with van der Waals surface area (Å²) in [6.07, 6.45) is 6.27. The van der Waals surface area contributed by atoms with Crippen LogP contribution < -0.4 is 5.32 Å². The molecule has 3 rings (SSSR count). The second kappa shape index (κ2) is 9.36. The number of nitrogens with zero attached hydrogens (tertiary/aromatic N) is 1. The third kappa shape index (κ3) is 4.11. The van der Waals surface area contributed by atoms with Crippen LogP contribution >= 0.6 is 0 Å². The Balaban J connectivity index is 2.19. The molecule has 0 unspecified atom stereocenters. The number of hydrogen-bond acceptors (Lipinski definition) is 2. The van der Waals surface area contributed by atoms with Crippen LogP contribution in [-0.2, 0) is 6.42 Å². The molecule has 0 saturated heterocycles. The summed E-state index contributed by atoms with van der Waals surface area (Å²) in [7, 11) is 1.65. The molecule has 30 heavy (non-hydrogen) atoms. The summed E-state index contributed by atoms with van der Waals surface area (Å²) in [6, 6.07) is 16.9. The van der Waals surface area contributed by atoms with E-state index in [9.17, 15) is 4.79 Å². The molecule has 0 fully saturated rings. The summed E-state index contributed by atoms with van der Waals surface area (Å²) in [6.45, 7) is 10.0. The first-order valence-electron chi connectivity index (χ1n) is 10.3. The number of allylic oxidation sites excluding steroid dienone is 1. The smallest absolute Gasteiger partial charge is 0.252 e. The van der Waals surface area contributed by atoms with E-state index in [1.54, 1.807) is 13.1 Å². The van der Waals surface area contributed by atoms with Crippen LogP contribution in [0.4, 0.5) is 0 Å². The zero-order valence-corrected chi connectivity index (χ0v) is 18.1. The van der Waals surface area contributed by atoms with Gasteiger partial charge in [-0.05, 0) is 43.0 Å². The molecule has 2 aromatic carbocycles. The van der Waals surface area contributed by atoms with Gasteiger partial charge in [-0.1, -0.05) is 79.7 Å². The Kier molecular flexibility index (Phi) is 6.63.